The van der Waals surface area contributed by atoms with Crippen molar-refractivity contribution in [3.05, 3.63) is 29.8 Å². The summed E-state index contributed by atoms with van der Waals surface area (Å²) < 4.78 is 27.0. The fourth-order valence-electron chi connectivity index (χ4n) is 3.28. The molecule has 7 nitrogen and oxygen atoms in total. The fraction of sp³-hybridized carbons (Fsp3) is 0.600. The van der Waals surface area contributed by atoms with Gasteiger partial charge in [0.25, 0.3) is 0 Å². The van der Waals surface area contributed by atoms with Crippen LogP contribution in [0.25, 0.3) is 0 Å². The molecule has 0 spiro atoms. The first-order chi connectivity index (χ1) is 13.0. The van der Waals surface area contributed by atoms with Crippen LogP contribution < -0.4 is 5.32 Å². The Labute approximate surface area is 168 Å². The molecule has 0 radical (unpaired) electrons. The molecule has 1 aromatic carbocycles. The summed E-state index contributed by atoms with van der Waals surface area (Å²) in [6.45, 7) is 6.28. The molecule has 1 fully saturated rings. The number of benzene rings is 1. The van der Waals surface area contributed by atoms with Gasteiger partial charge in [-0.1, -0.05) is 31.5 Å². The highest BCUT2D eigenvalue weighted by Gasteiger charge is 2.34. The third-order valence-corrected chi connectivity index (χ3v) is 7.07. The van der Waals surface area contributed by atoms with Gasteiger partial charge in [-0.25, -0.2) is 8.42 Å². The molecule has 1 saturated heterocycles. The van der Waals surface area contributed by atoms with E-state index in [0.717, 1.165) is 5.56 Å². The maximum absolute atomic E-state index is 12.8. The number of hydrogen-bond acceptors (Lipinski definition) is 4. The Morgan fingerprint density at radius 3 is 2.11 bits per heavy atom. The molecule has 8 heteroatoms. The predicted octanol–water partition coefficient (Wildman–Crippen LogP) is 1.62. The fourth-order valence-corrected chi connectivity index (χ4v) is 4.75. The minimum atomic E-state index is -3.55. The molecule has 1 heterocycles. The summed E-state index contributed by atoms with van der Waals surface area (Å²) >= 11 is 0. The number of sulfonamides is 1. The molecule has 2 amide bonds. The van der Waals surface area contributed by atoms with Crippen LogP contribution in [0.1, 0.15) is 32.3 Å². The molecule has 0 saturated carbocycles. The lowest BCUT2D eigenvalue weighted by molar-refractivity contribution is -0.137. The molecule has 0 unspecified atom stereocenters. The Morgan fingerprint density at radius 2 is 1.64 bits per heavy atom. The van der Waals surface area contributed by atoms with Crippen LogP contribution >= 0.6 is 0 Å². The van der Waals surface area contributed by atoms with E-state index in [1.165, 1.54) is 9.21 Å². The van der Waals surface area contributed by atoms with E-state index in [4.69, 9.17) is 0 Å². The molecular formula is C20H31N3O4S. The van der Waals surface area contributed by atoms with Gasteiger partial charge in [0.05, 0.1) is 4.90 Å². The van der Waals surface area contributed by atoms with E-state index in [2.05, 4.69) is 5.32 Å². The lowest BCUT2D eigenvalue weighted by Crippen LogP contribution is -2.52. The number of hydrogen-bond donors (Lipinski definition) is 1. The van der Waals surface area contributed by atoms with Crippen LogP contribution in [0.3, 0.4) is 0 Å². The molecule has 0 aromatic heterocycles. The summed E-state index contributed by atoms with van der Waals surface area (Å²) in [6.07, 6.45) is 0.885. The highest BCUT2D eigenvalue weighted by molar-refractivity contribution is 7.89. The number of carbonyl (C=O) groups excluding carboxylic acids is 2. The first-order valence-corrected chi connectivity index (χ1v) is 11.1. The average Bonchev–Trinajstić information content (AvgIpc) is 2.65. The molecule has 1 atom stereocenters. The molecule has 0 aliphatic carbocycles. The van der Waals surface area contributed by atoms with Gasteiger partial charge < -0.3 is 10.2 Å². The van der Waals surface area contributed by atoms with Gasteiger partial charge >= 0.3 is 0 Å². The van der Waals surface area contributed by atoms with E-state index >= 15 is 0 Å². The Hall–Kier alpha value is -1.93. The van der Waals surface area contributed by atoms with Crippen LogP contribution in [-0.2, 0) is 19.6 Å². The smallest absolute Gasteiger partial charge is 0.244 e. The third-order valence-electron chi connectivity index (χ3n) is 5.15. The summed E-state index contributed by atoms with van der Waals surface area (Å²) in [6, 6.07) is 6.21. The average molecular weight is 410 g/mol. The van der Waals surface area contributed by atoms with Gasteiger partial charge in [0.1, 0.15) is 6.04 Å². The molecule has 1 aromatic rings. The van der Waals surface area contributed by atoms with Gasteiger partial charge in [-0.2, -0.15) is 4.31 Å². The number of nitrogens with one attached hydrogen (secondary N) is 1. The monoisotopic (exact) mass is 409 g/mol. The Balaban J connectivity index is 2.00. The van der Waals surface area contributed by atoms with Crippen LogP contribution in [0.5, 0.6) is 0 Å². The number of aryl methyl sites for hydroxylation is 1. The molecular weight excluding hydrogens is 378 g/mol. The van der Waals surface area contributed by atoms with Crippen molar-refractivity contribution in [2.24, 2.45) is 11.8 Å². The normalized spacial score (nSPS) is 17.4. The molecule has 1 aliphatic heterocycles. The van der Waals surface area contributed by atoms with Crippen molar-refractivity contribution in [1.82, 2.24) is 14.5 Å². The van der Waals surface area contributed by atoms with Crippen molar-refractivity contribution in [2.45, 2.75) is 44.6 Å². The van der Waals surface area contributed by atoms with Crippen LogP contribution in [0.2, 0.25) is 0 Å². The zero-order valence-corrected chi connectivity index (χ0v) is 18.1. The summed E-state index contributed by atoms with van der Waals surface area (Å²) in [5, 5.41) is 2.86. The number of rotatable bonds is 6. The molecule has 1 aliphatic rings. The first-order valence-electron chi connectivity index (χ1n) is 9.62. The standard InChI is InChI=1S/C20H31N3O4S/c1-14(2)18(20(25)22(4)5)21-19(24)16-10-12-23(13-11-16)28(26,27)17-8-6-15(3)7-9-17/h6-9,14,16,18H,10-13H2,1-5H3,(H,21,24)/t18-/m1/s1. The van der Waals surface area contributed by atoms with Gasteiger partial charge in [-0.3, -0.25) is 9.59 Å². The Morgan fingerprint density at radius 1 is 1.11 bits per heavy atom. The summed E-state index contributed by atoms with van der Waals surface area (Å²) in [5.41, 5.74) is 1.00. The Kier molecular flexibility index (Phi) is 7.22. The van der Waals surface area contributed by atoms with Crippen molar-refractivity contribution in [3.63, 3.8) is 0 Å². The quantitative estimate of drug-likeness (QED) is 0.774. The topological polar surface area (TPSA) is 86.8 Å². The predicted molar refractivity (Wildman–Crippen MR) is 108 cm³/mol. The second kappa shape index (κ2) is 9.05. The van der Waals surface area contributed by atoms with E-state index in [9.17, 15) is 18.0 Å². The number of amides is 2. The van der Waals surface area contributed by atoms with Gasteiger partial charge in [-0.15, -0.1) is 0 Å². The minimum Gasteiger partial charge on any atom is -0.347 e. The van der Waals surface area contributed by atoms with E-state index in [-0.39, 0.29) is 28.5 Å². The lowest BCUT2D eigenvalue weighted by Gasteiger charge is -2.32. The van der Waals surface area contributed by atoms with E-state index in [1.807, 2.05) is 20.8 Å². The van der Waals surface area contributed by atoms with Gasteiger partial charge in [0.2, 0.25) is 21.8 Å². The maximum atomic E-state index is 12.8. The van der Waals surface area contributed by atoms with Crippen molar-refractivity contribution in [1.29, 1.82) is 0 Å². The first kappa shape index (κ1) is 22.4. The number of carbonyl (C=O) groups is 2. The van der Waals surface area contributed by atoms with E-state index < -0.39 is 16.1 Å². The summed E-state index contributed by atoms with van der Waals surface area (Å²) in [7, 11) is -0.218. The third kappa shape index (κ3) is 5.11. The second-order valence-electron chi connectivity index (χ2n) is 7.95. The molecule has 28 heavy (non-hydrogen) atoms. The highest BCUT2D eigenvalue weighted by atomic mass is 32.2. The number of nitrogens with zero attached hydrogens (tertiary/aromatic N) is 2. The van der Waals surface area contributed by atoms with Gasteiger partial charge in [0.15, 0.2) is 0 Å². The molecule has 156 valence electrons. The van der Waals surface area contributed by atoms with Crippen molar-refractivity contribution >= 4 is 21.8 Å². The SMILES string of the molecule is Cc1ccc(S(=O)(=O)N2CCC(C(=O)N[C@@H](C(=O)N(C)C)C(C)C)CC2)cc1. The van der Waals surface area contributed by atoms with Crippen LogP contribution in [0.4, 0.5) is 0 Å². The summed E-state index contributed by atoms with van der Waals surface area (Å²) in [5.74, 6) is -0.634. The second-order valence-corrected chi connectivity index (χ2v) is 9.89. The van der Waals surface area contributed by atoms with Crippen molar-refractivity contribution in [2.75, 3.05) is 27.2 Å². The molecule has 2 rings (SSSR count). The van der Waals surface area contributed by atoms with Gasteiger partial charge in [-0.05, 0) is 37.8 Å². The largest absolute Gasteiger partial charge is 0.347 e. The zero-order chi connectivity index (χ0) is 21.1. The highest BCUT2D eigenvalue weighted by Crippen LogP contribution is 2.24. The Bertz CT molecular complexity index is 795. The van der Waals surface area contributed by atoms with E-state index in [1.54, 1.807) is 38.4 Å². The van der Waals surface area contributed by atoms with Crippen LogP contribution in [-0.4, -0.2) is 62.7 Å². The maximum Gasteiger partial charge on any atom is 0.244 e. The number of likely N-dealkylation sites (N-methyl/N-ethyl adjacent to an activating group) is 1. The molecule has 1 N–H and O–H groups in total. The van der Waals surface area contributed by atoms with Crippen LogP contribution in [0, 0.1) is 18.8 Å². The van der Waals surface area contributed by atoms with Gasteiger partial charge in [0, 0.05) is 33.1 Å². The molecule has 0 bridgehead atoms. The van der Waals surface area contributed by atoms with E-state index in [0.29, 0.717) is 25.9 Å². The minimum absolute atomic E-state index is 0.0270. The van der Waals surface area contributed by atoms with Crippen molar-refractivity contribution in [3.8, 4) is 0 Å². The lowest BCUT2D eigenvalue weighted by atomic mass is 9.95. The zero-order valence-electron chi connectivity index (χ0n) is 17.3. The van der Waals surface area contributed by atoms with Crippen LogP contribution in [0.15, 0.2) is 29.2 Å². The van der Waals surface area contributed by atoms with Crippen molar-refractivity contribution < 1.29 is 18.0 Å². The summed E-state index contributed by atoms with van der Waals surface area (Å²) in [4.78, 5) is 26.7. The number of piperidine rings is 1.